The van der Waals surface area contributed by atoms with Crippen LogP contribution in [0.5, 0.6) is 5.75 Å². The Kier molecular flexibility index (Phi) is 3.42. The van der Waals surface area contributed by atoms with E-state index in [1.54, 1.807) is 24.3 Å². The number of phenolic OH excluding ortho intramolecular Hbond substituents is 1. The highest BCUT2D eigenvalue weighted by molar-refractivity contribution is 5.86. The Morgan fingerprint density at radius 1 is 1.00 bits per heavy atom. The first kappa shape index (κ1) is 12.3. The third-order valence-corrected chi connectivity index (χ3v) is 2.84. The molecule has 92 valence electrons. The molecule has 0 amide bonds. The van der Waals surface area contributed by atoms with Crippen LogP contribution in [0, 0.1) is 5.82 Å². The van der Waals surface area contributed by atoms with Crippen LogP contribution < -0.4 is 0 Å². The van der Waals surface area contributed by atoms with Crippen molar-refractivity contribution in [2.24, 2.45) is 0 Å². The molecule has 2 aromatic rings. The van der Waals surface area contributed by atoms with Crippen LogP contribution in [0.2, 0.25) is 0 Å². The highest BCUT2D eigenvalue weighted by atomic mass is 19.1. The number of carbonyl (C=O) groups is 1. The van der Waals surface area contributed by atoms with Crippen LogP contribution in [0.1, 0.15) is 24.0 Å². The highest BCUT2D eigenvalue weighted by Gasteiger charge is 2.18. The zero-order valence-electron chi connectivity index (χ0n) is 9.93. The van der Waals surface area contributed by atoms with Crippen molar-refractivity contribution < 1.29 is 14.3 Å². The van der Waals surface area contributed by atoms with E-state index in [-0.39, 0.29) is 17.3 Å². The van der Waals surface area contributed by atoms with Crippen molar-refractivity contribution in [2.75, 3.05) is 0 Å². The third-order valence-electron chi connectivity index (χ3n) is 2.84. The van der Waals surface area contributed by atoms with E-state index >= 15 is 0 Å². The lowest BCUT2D eigenvalue weighted by Crippen LogP contribution is -2.10. The molecule has 0 aliphatic carbocycles. The van der Waals surface area contributed by atoms with Gasteiger partial charge in [-0.2, -0.15) is 0 Å². The quantitative estimate of drug-likeness (QED) is 0.899. The van der Waals surface area contributed by atoms with Gasteiger partial charge >= 0.3 is 0 Å². The van der Waals surface area contributed by atoms with E-state index in [4.69, 9.17) is 0 Å². The SMILES string of the molecule is CC(=O)C(c1ccc(O)cc1)c1ccc(F)cc1. The van der Waals surface area contributed by atoms with E-state index in [0.717, 1.165) is 11.1 Å². The maximum atomic E-state index is 12.9. The molecule has 3 heteroatoms. The number of ketones is 1. The third kappa shape index (κ3) is 2.56. The smallest absolute Gasteiger partial charge is 0.141 e. The number of halogens is 1. The van der Waals surface area contributed by atoms with Crippen LogP contribution in [0.4, 0.5) is 4.39 Å². The Labute approximate surface area is 105 Å². The first-order chi connectivity index (χ1) is 8.58. The monoisotopic (exact) mass is 244 g/mol. The maximum absolute atomic E-state index is 12.9. The lowest BCUT2D eigenvalue weighted by atomic mass is 9.88. The summed E-state index contributed by atoms with van der Waals surface area (Å²) >= 11 is 0. The molecule has 1 atom stereocenters. The summed E-state index contributed by atoms with van der Waals surface area (Å²) in [5, 5.41) is 9.25. The normalized spacial score (nSPS) is 12.1. The molecule has 0 heterocycles. The van der Waals surface area contributed by atoms with Crippen LogP contribution in [0.15, 0.2) is 48.5 Å². The summed E-state index contributed by atoms with van der Waals surface area (Å²) in [7, 11) is 0. The molecule has 0 bridgehead atoms. The molecule has 0 aliphatic rings. The van der Waals surface area contributed by atoms with Gasteiger partial charge in [0.15, 0.2) is 0 Å². The first-order valence-electron chi connectivity index (χ1n) is 5.63. The summed E-state index contributed by atoms with van der Waals surface area (Å²) in [5.74, 6) is -0.620. The molecule has 2 rings (SSSR count). The van der Waals surface area contributed by atoms with Crippen molar-refractivity contribution in [3.05, 3.63) is 65.5 Å². The van der Waals surface area contributed by atoms with Gasteiger partial charge in [-0.05, 0) is 42.3 Å². The van der Waals surface area contributed by atoms with Crippen molar-refractivity contribution >= 4 is 5.78 Å². The molecule has 0 aliphatic heterocycles. The predicted octanol–water partition coefficient (Wildman–Crippen LogP) is 3.25. The molecule has 0 aromatic heterocycles. The second kappa shape index (κ2) is 5.00. The number of phenols is 1. The average molecular weight is 244 g/mol. The van der Waals surface area contributed by atoms with Crippen LogP contribution in [0.3, 0.4) is 0 Å². The van der Waals surface area contributed by atoms with Crippen molar-refractivity contribution in [3.8, 4) is 5.75 Å². The number of benzene rings is 2. The number of rotatable bonds is 3. The number of carbonyl (C=O) groups excluding carboxylic acids is 1. The van der Waals surface area contributed by atoms with Gasteiger partial charge < -0.3 is 5.11 Å². The van der Waals surface area contributed by atoms with Crippen LogP contribution in [-0.2, 0) is 4.79 Å². The standard InChI is InChI=1S/C15H13FO2/c1-10(17)15(11-2-6-13(16)7-3-11)12-4-8-14(18)9-5-12/h2-9,15,18H,1H3. The zero-order valence-corrected chi connectivity index (χ0v) is 9.93. The molecule has 0 saturated carbocycles. The van der Waals surface area contributed by atoms with Gasteiger partial charge in [0.2, 0.25) is 0 Å². The molecular weight excluding hydrogens is 231 g/mol. The summed E-state index contributed by atoms with van der Waals surface area (Å²) in [4.78, 5) is 11.8. The number of aromatic hydroxyl groups is 1. The van der Waals surface area contributed by atoms with E-state index in [9.17, 15) is 14.3 Å². The van der Waals surface area contributed by atoms with Crippen LogP contribution in [0.25, 0.3) is 0 Å². The molecule has 0 fully saturated rings. The van der Waals surface area contributed by atoms with Crippen LogP contribution >= 0.6 is 0 Å². The minimum atomic E-state index is -0.425. The predicted molar refractivity (Wildman–Crippen MR) is 67.0 cm³/mol. The minimum absolute atomic E-state index is 0.0210. The molecule has 0 radical (unpaired) electrons. The van der Waals surface area contributed by atoms with Gasteiger partial charge in [0.25, 0.3) is 0 Å². The molecule has 18 heavy (non-hydrogen) atoms. The Balaban J connectivity index is 2.43. The topological polar surface area (TPSA) is 37.3 Å². The largest absolute Gasteiger partial charge is 0.508 e. The maximum Gasteiger partial charge on any atom is 0.141 e. The van der Waals surface area contributed by atoms with Crippen molar-refractivity contribution in [2.45, 2.75) is 12.8 Å². The van der Waals surface area contributed by atoms with E-state index in [0.29, 0.717) is 0 Å². The Hall–Kier alpha value is -2.16. The molecule has 1 unspecified atom stereocenters. The fraction of sp³-hybridized carbons (Fsp3) is 0.133. The molecular formula is C15H13FO2. The van der Waals surface area contributed by atoms with Gasteiger partial charge in [-0.15, -0.1) is 0 Å². The number of Topliss-reactive ketones (excluding diaryl/α,β-unsaturated/α-hetero) is 1. The summed E-state index contributed by atoms with van der Waals surface area (Å²) in [6, 6.07) is 12.4. The second-order valence-electron chi connectivity index (χ2n) is 4.19. The fourth-order valence-corrected chi connectivity index (χ4v) is 1.98. The number of hydrogen-bond donors (Lipinski definition) is 1. The molecule has 2 aromatic carbocycles. The lowest BCUT2D eigenvalue weighted by molar-refractivity contribution is -0.117. The average Bonchev–Trinajstić information content (AvgIpc) is 2.34. The minimum Gasteiger partial charge on any atom is -0.508 e. The zero-order chi connectivity index (χ0) is 13.1. The van der Waals surface area contributed by atoms with Gasteiger partial charge in [0.05, 0.1) is 5.92 Å². The molecule has 1 N–H and O–H groups in total. The van der Waals surface area contributed by atoms with Gasteiger partial charge in [-0.25, -0.2) is 4.39 Å². The van der Waals surface area contributed by atoms with E-state index in [1.807, 2.05) is 0 Å². The van der Waals surface area contributed by atoms with Crippen LogP contribution in [-0.4, -0.2) is 10.9 Å². The Morgan fingerprint density at radius 2 is 1.44 bits per heavy atom. The van der Waals surface area contributed by atoms with Crippen molar-refractivity contribution in [1.29, 1.82) is 0 Å². The summed E-state index contributed by atoms with van der Waals surface area (Å²) in [5.41, 5.74) is 1.53. The van der Waals surface area contributed by atoms with Crippen molar-refractivity contribution in [1.82, 2.24) is 0 Å². The molecule has 0 saturated heterocycles. The fourth-order valence-electron chi connectivity index (χ4n) is 1.98. The lowest BCUT2D eigenvalue weighted by Gasteiger charge is -2.14. The number of hydrogen-bond acceptors (Lipinski definition) is 2. The van der Waals surface area contributed by atoms with Gasteiger partial charge in [-0.3, -0.25) is 4.79 Å². The second-order valence-corrected chi connectivity index (χ2v) is 4.19. The van der Waals surface area contributed by atoms with E-state index < -0.39 is 5.92 Å². The molecule has 2 nitrogen and oxygen atoms in total. The summed E-state index contributed by atoms with van der Waals surface area (Å²) < 4.78 is 12.9. The van der Waals surface area contributed by atoms with Crippen molar-refractivity contribution in [3.63, 3.8) is 0 Å². The van der Waals surface area contributed by atoms with Gasteiger partial charge in [0.1, 0.15) is 17.3 Å². The van der Waals surface area contributed by atoms with Gasteiger partial charge in [0, 0.05) is 0 Å². The molecule has 0 spiro atoms. The summed E-state index contributed by atoms with van der Waals surface area (Å²) in [6.07, 6.45) is 0. The first-order valence-corrected chi connectivity index (χ1v) is 5.63. The van der Waals surface area contributed by atoms with Gasteiger partial charge in [-0.1, -0.05) is 24.3 Å². The van der Waals surface area contributed by atoms with E-state index in [1.165, 1.54) is 31.2 Å². The Morgan fingerprint density at radius 3 is 1.89 bits per heavy atom. The Bertz CT molecular complexity index is 498. The van der Waals surface area contributed by atoms with E-state index in [2.05, 4.69) is 0 Å². The summed E-state index contributed by atoms with van der Waals surface area (Å²) in [6.45, 7) is 1.50. The highest BCUT2D eigenvalue weighted by Crippen LogP contribution is 2.27.